The minimum Gasteiger partial charge on any atom is -0.494 e. The van der Waals surface area contributed by atoms with Crippen LogP contribution in [0, 0.1) is 0 Å². The molecule has 8 nitrogen and oxygen atoms in total. The van der Waals surface area contributed by atoms with E-state index >= 15 is 0 Å². The van der Waals surface area contributed by atoms with Crippen LogP contribution in [0.25, 0.3) is 0 Å². The summed E-state index contributed by atoms with van der Waals surface area (Å²) in [6.45, 7) is 4.32. The molecular weight excluding hydrogens is 424 g/mol. The third-order valence-corrected chi connectivity index (χ3v) is 5.56. The predicted molar refractivity (Wildman–Crippen MR) is 124 cm³/mol. The van der Waals surface area contributed by atoms with Crippen LogP contribution >= 0.6 is 0 Å². The zero-order valence-electron chi connectivity index (χ0n) is 19.5. The molecule has 3 rings (SSSR count). The van der Waals surface area contributed by atoms with Gasteiger partial charge in [0, 0.05) is 13.5 Å². The van der Waals surface area contributed by atoms with Crippen molar-refractivity contribution in [2.45, 2.75) is 39.2 Å². The van der Waals surface area contributed by atoms with Crippen LogP contribution < -0.4 is 19.1 Å². The number of ether oxygens (including phenoxy) is 3. The van der Waals surface area contributed by atoms with Crippen molar-refractivity contribution in [2.24, 2.45) is 0 Å². The molecule has 0 bridgehead atoms. The van der Waals surface area contributed by atoms with Gasteiger partial charge in [0.05, 0.1) is 32.9 Å². The molecule has 33 heavy (non-hydrogen) atoms. The molecular formula is C25H30N2O6. The van der Waals surface area contributed by atoms with Gasteiger partial charge in [-0.25, -0.2) is 4.90 Å². The Hall–Kier alpha value is -3.55. The molecule has 8 heteroatoms. The Bertz CT molecular complexity index is 1000. The Kier molecular flexibility index (Phi) is 7.92. The van der Waals surface area contributed by atoms with Gasteiger partial charge in [-0.05, 0) is 54.8 Å². The molecule has 0 saturated carbocycles. The lowest BCUT2D eigenvalue weighted by atomic mass is 10.1. The number of hydrogen-bond donors (Lipinski definition) is 0. The molecule has 1 fully saturated rings. The average Bonchev–Trinajstić information content (AvgIpc) is 3.11. The minimum atomic E-state index is -0.828. The molecule has 1 heterocycles. The summed E-state index contributed by atoms with van der Waals surface area (Å²) in [6.07, 6.45) is 1.34. The second kappa shape index (κ2) is 10.8. The lowest BCUT2D eigenvalue weighted by Gasteiger charge is -2.26. The molecule has 3 amide bonds. The summed E-state index contributed by atoms with van der Waals surface area (Å²) in [5, 5.41) is 0. The molecule has 0 N–H and O–H groups in total. The molecule has 2 aromatic rings. The molecule has 0 radical (unpaired) electrons. The quantitative estimate of drug-likeness (QED) is 0.513. The van der Waals surface area contributed by atoms with E-state index in [9.17, 15) is 14.4 Å². The summed E-state index contributed by atoms with van der Waals surface area (Å²) in [5.41, 5.74) is 1.40. The molecule has 0 unspecified atom stereocenters. The fourth-order valence-electron chi connectivity index (χ4n) is 3.86. The minimum absolute atomic E-state index is 0.0432. The Balaban J connectivity index is 1.73. The number of methoxy groups -OCH3 is 2. The lowest BCUT2D eigenvalue weighted by Crippen LogP contribution is -2.45. The van der Waals surface area contributed by atoms with Crippen LogP contribution in [0.3, 0.4) is 0 Å². The van der Waals surface area contributed by atoms with Gasteiger partial charge in [-0.15, -0.1) is 0 Å². The molecule has 1 aliphatic heterocycles. The highest BCUT2D eigenvalue weighted by Gasteiger charge is 2.43. The number of imide groups is 1. The van der Waals surface area contributed by atoms with Gasteiger partial charge in [0.25, 0.3) is 5.91 Å². The number of hydrogen-bond acceptors (Lipinski definition) is 6. The van der Waals surface area contributed by atoms with Crippen LogP contribution in [0.4, 0.5) is 5.69 Å². The standard InChI is InChI=1S/C25H30N2O6/c1-5-14-33-20-9-7-19(8-10-20)27-24(29)16-21(25(27)30)26(17(2)28)13-12-18-6-11-22(31-3)23(15-18)32-4/h6-11,15,21H,5,12-14,16H2,1-4H3/t21-/m1/s1. The van der Waals surface area contributed by atoms with E-state index in [2.05, 4.69) is 0 Å². The summed E-state index contributed by atoms with van der Waals surface area (Å²) in [6, 6.07) is 11.5. The average molecular weight is 455 g/mol. The Morgan fingerprint density at radius 2 is 1.76 bits per heavy atom. The van der Waals surface area contributed by atoms with Crippen molar-refractivity contribution in [3.63, 3.8) is 0 Å². The van der Waals surface area contributed by atoms with Crippen molar-refractivity contribution >= 4 is 23.4 Å². The highest BCUT2D eigenvalue weighted by molar-refractivity contribution is 6.23. The second-order valence-electron chi connectivity index (χ2n) is 7.78. The van der Waals surface area contributed by atoms with E-state index in [-0.39, 0.29) is 18.2 Å². The van der Waals surface area contributed by atoms with Gasteiger partial charge in [-0.1, -0.05) is 13.0 Å². The first-order chi connectivity index (χ1) is 15.9. The molecule has 1 saturated heterocycles. The number of amides is 3. The predicted octanol–water partition coefficient (Wildman–Crippen LogP) is 3.22. The third kappa shape index (κ3) is 5.45. The zero-order chi connectivity index (χ0) is 24.0. The van der Waals surface area contributed by atoms with Gasteiger partial charge in [0.15, 0.2) is 11.5 Å². The van der Waals surface area contributed by atoms with Gasteiger partial charge in [-0.2, -0.15) is 0 Å². The van der Waals surface area contributed by atoms with Gasteiger partial charge < -0.3 is 19.1 Å². The number of benzene rings is 2. The first kappa shape index (κ1) is 24.1. The van der Waals surface area contributed by atoms with Gasteiger partial charge in [-0.3, -0.25) is 14.4 Å². The zero-order valence-corrected chi connectivity index (χ0v) is 19.5. The maximum absolute atomic E-state index is 13.2. The number of carbonyl (C=O) groups excluding carboxylic acids is 3. The monoisotopic (exact) mass is 454 g/mol. The van der Waals surface area contributed by atoms with E-state index in [1.54, 1.807) is 44.6 Å². The van der Waals surface area contributed by atoms with Gasteiger partial charge in [0.1, 0.15) is 11.8 Å². The summed E-state index contributed by atoms with van der Waals surface area (Å²) in [5.74, 6) is 0.898. The normalized spacial score (nSPS) is 15.5. The number of anilines is 1. The maximum Gasteiger partial charge on any atom is 0.257 e. The van der Waals surface area contributed by atoms with E-state index < -0.39 is 11.9 Å². The summed E-state index contributed by atoms with van der Waals surface area (Å²) in [4.78, 5) is 40.9. The number of rotatable bonds is 10. The van der Waals surface area contributed by atoms with Crippen LogP contribution in [0.5, 0.6) is 17.2 Å². The number of nitrogens with zero attached hydrogens (tertiary/aromatic N) is 2. The Morgan fingerprint density at radius 1 is 1.06 bits per heavy atom. The third-order valence-electron chi connectivity index (χ3n) is 5.56. The van der Waals surface area contributed by atoms with Crippen LogP contribution in [0.2, 0.25) is 0 Å². The van der Waals surface area contributed by atoms with Crippen molar-refractivity contribution in [1.82, 2.24) is 4.90 Å². The fraction of sp³-hybridized carbons (Fsp3) is 0.400. The molecule has 0 spiro atoms. The second-order valence-corrected chi connectivity index (χ2v) is 7.78. The SMILES string of the molecule is CCCOc1ccc(N2C(=O)C[C@@H](N(CCc3ccc(OC)c(OC)c3)C(C)=O)C2=O)cc1. The molecule has 0 aromatic heterocycles. The molecule has 1 atom stereocenters. The van der Waals surface area contributed by atoms with E-state index in [4.69, 9.17) is 14.2 Å². The van der Waals surface area contributed by atoms with Gasteiger partial charge >= 0.3 is 0 Å². The highest BCUT2D eigenvalue weighted by Crippen LogP contribution is 2.29. The number of carbonyl (C=O) groups is 3. The molecule has 1 aliphatic rings. The summed E-state index contributed by atoms with van der Waals surface area (Å²) in [7, 11) is 3.12. The van der Waals surface area contributed by atoms with Crippen LogP contribution in [-0.4, -0.2) is 56.0 Å². The first-order valence-electron chi connectivity index (χ1n) is 11.0. The van der Waals surface area contributed by atoms with Gasteiger partial charge in [0.2, 0.25) is 11.8 Å². The van der Waals surface area contributed by atoms with Crippen molar-refractivity contribution in [1.29, 1.82) is 0 Å². The van der Waals surface area contributed by atoms with E-state index in [1.165, 1.54) is 11.8 Å². The summed E-state index contributed by atoms with van der Waals surface area (Å²) >= 11 is 0. The molecule has 2 aromatic carbocycles. The lowest BCUT2D eigenvalue weighted by molar-refractivity contribution is -0.136. The van der Waals surface area contributed by atoms with E-state index in [0.29, 0.717) is 42.5 Å². The Labute approximate surface area is 194 Å². The summed E-state index contributed by atoms with van der Waals surface area (Å²) < 4.78 is 16.2. The van der Waals surface area contributed by atoms with Crippen molar-refractivity contribution in [3.05, 3.63) is 48.0 Å². The maximum atomic E-state index is 13.2. The Morgan fingerprint density at radius 3 is 2.36 bits per heavy atom. The molecule has 0 aliphatic carbocycles. The van der Waals surface area contributed by atoms with Crippen LogP contribution in [0.15, 0.2) is 42.5 Å². The first-order valence-corrected chi connectivity index (χ1v) is 11.0. The van der Waals surface area contributed by atoms with Crippen molar-refractivity contribution in [2.75, 3.05) is 32.3 Å². The smallest absolute Gasteiger partial charge is 0.257 e. The van der Waals surface area contributed by atoms with Crippen LogP contribution in [-0.2, 0) is 20.8 Å². The van der Waals surface area contributed by atoms with E-state index in [1.807, 2.05) is 19.1 Å². The van der Waals surface area contributed by atoms with Crippen molar-refractivity contribution in [3.8, 4) is 17.2 Å². The molecule has 176 valence electrons. The van der Waals surface area contributed by atoms with Crippen molar-refractivity contribution < 1.29 is 28.6 Å². The van der Waals surface area contributed by atoms with E-state index in [0.717, 1.165) is 16.9 Å². The highest BCUT2D eigenvalue weighted by atomic mass is 16.5. The largest absolute Gasteiger partial charge is 0.494 e. The fourth-order valence-corrected chi connectivity index (χ4v) is 3.86. The topological polar surface area (TPSA) is 85.4 Å². The van der Waals surface area contributed by atoms with Crippen LogP contribution in [0.1, 0.15) is 32.3 Å².